The molecule has 7 nitrogen and oxygen atoms in total. The number of carbonyl (C=O) groups excluding carboxylic acids is 2. The number of halogens is 4. The molecule has 2 aromatic rings. The Bertz CT molecular complexity index is 919. The van der Waals surface area contributed by atoms with Crippen molar-refractivity contribution < 1.29 is 22.8 Å². The first-order valence-electron chi connectivity index (χ1n) is 10.0. The minimum atomic E-state index is -4.37. The van der Waals surface area contributed by atoms with E-state index in [9.17, 15) is 22.8 Å². The van der Waals surface area contributed by atoms with Crippen LogP contribution in [0.1, 0.15) is 39.0 Å². The average molecular weight is 458 g/mol. The van der Waals surface area contributed by atoms with E-state index in [0.717, 1.165) is 0 Å². The number of rotatable bonds is 7. The summed E-state index contributed by atoms with van der Waals surface area (Å²) in [7, 11) is 0. The Morgan fingerprint density at radius 2 is 2.13 bits per heavy atom. The predicted molar refractivity (Wildman–Crippen MR) is 109 cm³/mol. The number of nitrogens with one attached hydrogen (secondary N) is 1. The topological polar surface area (TPSA) is 80.1 Å². The lowest BCUT2D eigenvalue weighted by atomic mass is 10.1. The van der Waals surface area contributed by atoms with Crippen LogP contribution in [-0.4, -0.2) is 45.3 Å². The smallest absolute Gasteiger partial charge is 0.353 e. The van der Waals surface area contributed by atoms with E-state index in [1.165, 1.54) is 0 Å². The fourth-order valence-electron chi connectivity index (χ4n) is 3.70. The summed E-state index contributed by atoms with van der Waals surface area (Å²) in [4.78, 5) is 30.5. The lowest BCUT2D eigenvalue weighted by molar-refractivity contribution is -0.144. The van der Waals surface area contributed by atoms with E-state index in [0.29, 0.717) is 37.2 Å². The van der Waals surface area contributed by atoms with Crippen LogP contribution in [0.2, 0.25) is 5.15 Å². The molecule has 1 fully saturated rings. The summed E-state index contributed by atoms with van der Waals surface area (Å²) in [5.74, 6) is -1.16. The molecule has 2 atom stereocenters. The van der Waals surface area contributed by atoms with Gasteiger partial charge in [0, 0.05) is 31.1 Å². The van der Waals surface area contributed by atoms with E-state index in [4.69, 9.17) is 11.6 Å². The molecule has 0 spiro atoms. The van der Waals surface area contributed by atoms with Crippen molar-refractivity contribution in [2.75, 3.05) is 11.4 Å². The summed E-state index contributed by atoms with van der Waals surface area (Å²) < 4.78 is 38.4. The van der Waals surface area contributed by atoms with Crippen molar-refractivity contribution in [2.45, 2.75) is 51.2 Å². The maximum atomic E-state index is 13.1. The number of carbonyl (C=O) groups is 2. The van der Waals surface area contributed by atoms with Crippen LogP contribution in [0.3, 0.4) is 0 Å². The maximum absolute atomic E-state index is 13.1. The molecule has 0 aliphatic heterocycles. The number of hydrogen-bond donors (Lipinski definition) is 1. The molecule has 2 amide bonds. The van der Waals surface area contributed by atoms with Crippen LogP contribution in [0.25, 0.3) is 5.69 Å². The van der Waals surface area contributed by atoms with E-state index in [2.05, 4.69) is 15.4 Å². The van der Waals surface area contributed by atoms with E-state index in [1.54, 1.807) is 40.3 Å². The van der Waals surface area contributed by atoms with Crippen molar-refractivity contribution in [2.24, 2.45) is 5.92 Å². The van der Waals surface area contributed by atoms with Crippen LogP contribution in [-0.2, 0) is 9.59 Å². The lowest BCUT2D eigenvalue weighted by Crippen LogP contribution is -2.37. The van der Waals surface area contributed by atoms with Crippen molar-refractivity contribution in [3.05, 3.63) is 35.9 Å². The Morgan fingerprint density at radius 1 is 1.35 bits per heavy atom. The second-order valence-corrected chi connectivity index (χ2v) is 7.79. The van der Waals surface area contributed by atoms with E-state index < -0.39 is 24.9 Å². The number of anilines is 1. The highest BCUT2D eigenvalue weighted by atomic mass is 35.5. The molecule has 1 aliphatic carbocycles. The summed E-state index contributed by atoms with van der Waals surface area (Å²) in [5, 5.41) is 7.04. The predicted octanol–water partition coefficient (Wildman–Crippen LogP) is 3.90. The summed E-state index contributed by atoms with van der Waals surface area (Å²) in [6, 6.07) is 3.25. The fraction of sp³-hybridized carbons (Fsp3) is 0.500. The molecule has 1 N–H and O–H groups in total. The highest BCUT2D eigenvalue weighted by Gasteiger charge is 2.35. The van der Waals surface area contributed by atoms with Crippen LogP contribution >= 0.6 is 11.6 Å². The number of hydrogen-bond acceptors (Lipinski definition) is 4. The first kappa shape index (κ1) is 23.1. The molecular formula is C20H23ClF3N5O2. The normalized spacial score (nSPS) is 18.7. The zero-order chi connectivity index (χ0) is 22.6. The molecule has 0 aromatic carbocycles. The molecule has 1 aliphatic rings. The van der Waals surface area contributed by atoms with Gasteiger partial charge in [0.15, 0.2) is 5.15 Å². The molecule has 0 saturated heterocycles. The summed E-state index contributed by atoms with van der Waals surface area (Å²) in [6.07, 6.45) is 0.229. The molecule has 11 heteroatoms. The van der Waals surface area contributed by atoms with Gasteiger partial charge in [0.2, 0.25) is 11.8 Å². The van der Waals surface area contributed by atoms with Crippen LogP contribution < -0.4 is 10.2 Å². The SMILES string of the molecule is CCN(C(=O)[C@H]1CC[C@@H](NC(=O)CCC(F)(F)F)C1)c1cn(-c2cccnc2)nc1Cl. The van der Waals surface area contributed by atoms with Gasteiger partial charge >= 0.3 is 6.18 Å². The van der Waals surface area contributed by atoms with Crippen molar-refractivity contribution in [1.82, 2.24) is 20.1 Å². The zero-order valence-corrected chi connectivity index (χ0v) is 17.7. The third-order valence-corrected chi connectivity index (χ3v) is 5.49. The third-order valence-electron chi connectivity index (χ3n) is 5.22. The van der Waals surface area contributed by atoms with Gasteiger partial charge in [0.25, 0.3) is 0 Å². The molecule has 31 heavy (non-hydrogen) atoms. The number of pyridine rings is 1. The van der Waals surface area contributed by atoms with Gasteiger partial charge < -0.3 is 10.2 Å². The fourth-order valence-corrected chi connectivity index (χ4v) is 3.94. The molecule has 0 bridgehead atoms. The van der Waals surface area contributed by atoms with Crippen molar-refractivity contribution in [3.8, 4) is 5.69 Å². The van der Waals surface area contributed by atoms with Gasteiger partial charge in [0.05, 0.1) is 24.5 Å². The first-order valence-corrected chi connectivity index (χ1v) is 10.4. The van der Waals surface area contributed by atoms with Gasteiger partial charge in [-0.1, -0.05) is 11.6 Å². The maximum Gasteiger partial charge on any atom is 0.389 e. The van der Waals surface area contributed by atoms with E-state index >= 15 is 0 Å². The molecule has 3 rings (SSSR count). The Balaban J connectivity index is 1.63. The summed E-state index contributed by atoms with van der Waals surface area (Å²) in [6.45, 7) is 2.19. The second-order valence-electron chi connectivity index (χ2n) is 7.43. The highest BCUT2D eigenvalue weighted by Crippen LogP contribution is 2.32. The van der Waals surface area contributed by atoms with Gasteiger partial charge in [-0.15, -0.1) is 0 Å². The van der Waals surface area contributed by atoms with Crippen LogP contribution in [0, 0.1) is 5.92 Å². The van der Waals surface area contributed by atoms with Crippen LogP contribution in [0.15, 0.2) is 30.7 Å². The van der Waals surface area contributed by atoms with Crippen molar-refractivity contribution >= 4 is 29.1 Å². The van der Waals surface area contributed by atoms with E-state index in [-0.39, 0.29) is 23.0 Å². The molecule has 168 valence electrons. The highest BCUT2D eigenvalue weighted by molar-refractivity contribution is 6.32. The minimum absolute atomic E-state index is 0.151. The molecule has 0 radical (unpaired) electrons. The quantitative estimate of drug-likeness (QED) is 0.683. The number of aromatic nitrogens is 3. The third kappa shape index (κ3) is 5.96. The number of amides is 2. The average Bonchev–Trinajstić information content (AvgIpc) is 3.34. The Morgan fingerprint density at radius 3 is 2.77 bits per heavy atom. The number of alkyl halides is 3. The molecular weight excluding hydrogens is 435 g/mol. The molecule has 2 aromatic heterocycles. The first-order chi connectivity index (χ1) is 14.7. The van der Waals surface area contributed by atoms with E-state index in [1.807, 2.05) is 6.92 Å². The van der Waals surface area contributed by atoms with Gasteiger partial charge in [-0.25, -0.2) is 4.68 Å². The lowest BCUT2D eigenvalue weighted by Gasteiger charge is -2.23. The Hall–Kier alpha value is -2.62. The van der Waals surface area contributed by atoms with Crippen LogP contribution in [0.5, 0.6) is 0 Å². The van der Waals surface area contributed by atoms with Crippen LogP contribution in [0.4, 0.5) is 18.9 Å². The Kier molecular flexibility index (Phi) is 7.19. The van der Waals surface area contributed by atoms with Gasteiger partial charge in [-0.05, 0) is 38.3 Å². The molecule has 1 saturated carbocycles. The summed E-state index contributed by atoms with van der Waals surface area (Å²) >= 11 is 6.29. The summed E-state index contributed by atoms with van der Waals surface area (Å²) in [5.41, 5.74) is 1.16. The zero-order valence-electron chi connectivity index (χ0n) is 16.9. The monoisotopic (exact) mass is 457 g/mol. The molecule has 0 unspecified atom stereocenters. The standard InChI is InChI=1S/C20H23ClF3N5O2/c1-2-28(16-12-29(27-18(16)21)15-4-3-9-25-11-15)19(31)13-5-6-14(10-13)26-17(30)7-8-20(22,23)24/h3-4,9,11-14H,2,5-8,10H2,1H3,(H,26,30)/t13-,14+/m0/s1. The van der Waals surface area contributed by atoms with Crippen molar-refractivity contribution in [1.29, 1.82) is 0 Å². The van der Waals surface area contributed by atoms with Gasteiger partial charge in [-0.2, -0.15) is 18.3 Å². The number of nitrogens with zero attached hydrogens (tertiary/aromatic N) is 4. The van der Waals surface area contributed by atoms with Gasteiger partial charge in [0.1, 0.15) is 5.69 Å². The minimum Gasteiger partial charge on any atom is -0.353 e. The van der Waals surface area contributed by atoms with Gasteiger partial charge in [-0.3, -0.25) is 14.6 Å². The second kappa shape index (κ2) is 9.67. The Labute approximate surface area is 182 Å². The largest absolute Gasteiger partial charge is 0.389 e. The van der Waals surface area contributed by atoms with Crippen molar-refractivity contribution in [3.63, 3.8) is 0 Å². The molecule has 2 heterocycles.